The van der Waals surface area contributed by atoms with Crippen LogP contribution >= 0.6 is 0 Å². The van der Waals surface area contributed by atoms with E-state index >= 15 is 0 Å². The van der Waals surface area contributed by atoms with Gasteiger partial charge in [0.25, 0.3) is 0 Å². The van der Waals surface area contributed by atoms with Crippen molar-refractivity contribution in [3.05, 3.63) is 35.4 Å². The summed E-state index contributed by atoms with van der Waals surface area (Å²) in [6.07, 6.45) is 13.0. The molecule has 1 unspecified atom stereocenters. The Balaban J connectivity index is 0.00000961. The molecular weight excluding hydrogens is 443 g/mol. The van der Waals surface area contributed by atoms with Gasteiger partial charge in [0.2, 0.25) is 0 Å². The topological polar surface area (TPSA) is 110 Å². The van der Waals surface area contributed by atoms with Crippen LogP contribution in [-0.2, 0) is 19.6 Å². The first-order valence-electron chi connectivity index (χ1n) is 11.2. The SMILES string of the molecule is CCCCCCCCCCCCCOC(=O)c1ccccc1C(=O)OC(C)S(=O)(=O)[O-].[Na+]. The molecule has 0 aliphatic rings. The number of hydrogen-bond acceptors (Lipinski definition) is 7. The maximum atomic E-state index is 12.3. The van der Waals surface area contributed by atoms with Crippen LogP contribution in [-0.4, -0.2) is 37.0 Å². The van der Waals surface area contributed by atoms with Gasteiger partial charge in [0, 0.05) is 0 Å². The quantitative estimate of drug-likeness (QED) is 0.155. The number of ether oxygens (including phenoxy) is 2. The van der Waals surface area contributed by atoms with Crippen molar-refractivity contribution in [2.75, 3.05) is 6.61 Å². The minimum absolute atomic E-state index is 0. The van der Waals surface area contributed by atoms with Crippen molar-refractivity contribution in [2.45, 2.75) is 89.9 Å². The van der Waals surface area contributed by atoms with Crippen LogP contribution in [0.15, 0.2) is 24.3 Å². The summed E-state index contributed by atoms with van der Waals surface area (Å²) < 4.78 is 42.7. The van der Waals surface area contributed by atoms with E-state index in [-0.39, 0.29) is 47.3 Å². The van der Waals surface area contributed by atoms with Gasteiger partial charge in [0.05, 0.1) is 17.7 Å². The fourth-order valence-corrected chi connectivity index (χ4v) is 3.33. The zero-order valence-electron chi connectivity index (χ0n) is 19.6. The molecule has 0 aliphatic heterocycles. The van der Waals surface area contributed by atoms with Crippen LogP contribution < -0.4 is 29.6 Å². The zero-order chi connectivity index (χ0) is 23.1. The van der Waals surface area contributed by atoms with E-state index in [1.165, 1.54) is 69.6 Å². The number of esters is 2. The van der Waals surface area contributed by atoms with Gasteiger partial charge in [-0.15, -0.1) is 0 Å². The Morgan fingerprint density at radius 1 is 0.844 bits per heavy atom. The van der Waals surface area contributed by atoms with Crippen LogP contribution in [0.4, 0.5) is 0 Å². The Bertz CT molecular complexity index is 780. The molecule has 0 saturated carbocycles. The van der Waals surface area contributed by atoms with Crippen molar-refractivity contribution in [2.24, 2.45) is 0 Å². The molecule has 32 heavy (non-hydrogen) atoms. The molecule has 1 rings (SSSR count). The molecule has 0 amide bonds. The van der Waals surface area contributed by atoms with Crippen LogP contribution in [0, 0.1) is 0 Å². The van der Waals surface area contributed by atoms with Gasteiger partial charge in [-0.3, -0.25) is 0 Å². The zero-order valence-corrected chi connectivity index (χ0v) is 22.5. The molecule has 0 N–H and O–H groups in total. The molecule has 0 spiro atoms. The van der Waals surface area contributed by atoms with Crippen molar-refractivity contribution in [1.82, 2.24) is 0 Å². The molecule has 7 nitrogen and oxygen atoms in total. The molecule has 0 heterocycles. The standard InChI is InChI=1S/C23H36O7S.Na/c1-3-4-5-6-7-8-9-10-11-12-15-18-29-22(24)20-16-13-14-17-21(20)23(25)30-19(2)31(26,27)28;/h13-14,16-17,19H,3-12,15,18H2,1-2H3,(H,26,27,28);/q;+1/p-1. The average molecular weight is 479 g/mol. The second-order valence-electron chi connectivity index (χ2n) is 7.68. The molecular formula is C23H35NaO7S. The number of rotatable bonds is 16. The molecule has 176 valence electrons. The van der Waals surface area contributed by atoms with E-state index < -0.39 is 27.5 Å². The third kappa shape index (κ3) is 12.9. The van der Waals surface area contributed by atoms with Crippen molar-refractivity contribution in [3.63, 3.8) is 0 Å². The van der Waals surface area contributed by atoms with Gasteiger partial charge in [0.15, 0.2) is 5.44 Å². The normalized spacial score (nSPS) is 12.0. The summed E-state index contributed by atoms with van der Waals surface area (Å²) in [5.41, 5.74) is -2.01. The van der Waals surface area contributed by atoms with Gasteiger partial charge in [-0.05, 0) is 25.5 Å². The Hall–Kier alpha value is -0.930. The summed E-state index contributed by atoms with van der Waals surface area (Å²) >= 11 is 0. The second-order valence-corrected chi connectivity index (χ2v) is 9.33. The van der Waals surface area contributed by atoms with Gasteiger partial charge in [-0.2, -0.15) is 0 Å². The van der Waals surface area contributed by atoms with Gasteiger partial charge < -0.3 is 14.0 Å². The smallest absolute Gasteiger partial charge is 0.745 e. The average Bonchev–Trinajstić information content (AvgIpc) is 2.73. The Kier molecular flexibility index (Phi) is 17.0. The first-order valence-corrected chi connectivity index (χ1v) is 12.7. The van der Waals surface area contributed by atoms with Crippen LogP contribution in [0.1, 0.15) is 105 Å². The molecule has 0 bridgehead atoms. The maximum Gasteiger partial charge on any atom is 1.00 e. The van der Waals surface area contributed by atoms with E-state index in [0.717, 1.165) is 26.2 Å². The first kappa shape index (κ1) is 31.1. The number of carbonyl (C=O) groups is 2. The summed E-state index contributed by atoms with van der Waals surface area (Å²) in [5, 5.41) is 0. The van der Waals surface area contributed by atoms with Crippen LogP contribution in [0.2, 0.25) is 0 Å². The third-order valence-corrected chi connectivity index (χ3v) is 5.94. The summed E-state index contributed by atoms with van der Waals surface area (Å²) in [6.45, 7) is 3.42. The molecule has 0 aliphatic carbocycles. The van der Waals surface area contributed by atoms with E-state index in [2.05, 4.69) is 11.7 Å². The fraction of sp³-hybridized carbons (Fsp3) is 0.652. The predicted molar refractivity (Wildman–Crippen MR) is 118 cm³/mol. The number of unbranched alkanes of at least 4 members (excludes halogenated alkanes) is 10. The Labute approximate surface area is 214 Å². The number of carbonyl (C=O) groups excluding carboxylic acids is 2. The van der Waals surface area contributed by atoms with E-state index in [1.54, 1.807) is 6.07 Å². The van der Waals surface area contributed by atoms with E-state index in [0.29, 0.717) is 0 Å². The first-order chi connectivity index (χ1) is 14.8. The van der Waals surface area contributed by atoms with Crippen molar-refractivity contribution >= 4 is 22.1 Å². The van der Waals surface area contributed by atoms with Crippen LogP contribution in [0.5, 0.6) is 0 Å². The largest absolute Gasteiger partial charge is 1.00 e. The molecule has 0 aromatic heterocycles. The number of benzene rings is 1. The summed E-state index contributed by atoms with van der Waals surface area (Å²) in [4.78, 5) is 24.5. The van der Waals surface area contributed by atoms with E-state index in [9.17, 15) is 22.6 Å². The summed E-state index contributed by atoms with van der Waals surface area (Å²) in [7, 11) is -4.78. The Morgan fingerprint density at radius 2 is 1.28 bits per heavy atom. The molecule has 0 fully saturated rings. The molecule has 0 radical (unpaired) electrons. The molecule has 0 saturated heterocycles. The van der Waals surface area contributed by atoms with Crippen LogP contribution in [0.25, 0.3) is 0 Å². The van der Waals surface area contributed by atoms with Crippen molar-refractivity contribution < 1.29 is 61.6 Å². The molecule has 9 heteroatoms. The minimum atomic E-state index is -4.78. The molecule has 1 aromatic rings. The van der Waals surface area contributed by atoms with Gasteiger partial charge >= 0.3 is 41.5 Å². The fourth-order valence-electron chi connectivity index (χ4n) is 3.12. The van der Waals surface area contributed by atoms with Gasteiger partial charge in [0.1, 0.15) is 10.1 Å². The summed E-state index contributed by atoms with van der Waals surface area (Å²) in [6, 6.07) is 5.79. The van der Waals surface area contributed by atoms with Crippen LogP contribution in [0.3, 0.4) is 0 Å². The predicted octanol–water partition coefficient (Wildman–Crippen LogP) is 2.21. The maximum absolute atomic E-state index is 12.3. The molecule has 1 atom stereocenters. The van der Waals surface area contributed by atoms with Crippen molar-refractivity contribution in [3.8, 4) is 0 Å². The molecule has 1 aromatic carbocycles. The van der Waals surface area contributed by atoms with E-state index in [1.807, 2.05) is 0 Å². The minimum Gasteiger partial charge on any atom is -0.745 e. The summed E-state index contributed by atoms with van der Waals surface area (Å²) in [5.74, 6) is -1.74. The Morgan fingerprint density at radius 3 is 1.75 bits per heavy atom. The monoisotopic (exact) mass is 478 g/mol. The number of hydrogen-bond donors (Lipinski definition) is 0. The van der Waals surface area contributed by atoms with Gasteiger partial charge in [-0.25, -0.2) is 18.0 Å². The van der Waals surface area contributed by atoms with Crippen molar-refractivity contribution in [1.29, 1.82) is 0 Å². The van der Waals surface area contributed by atoms with Gasteiger partial charge in [-0.1, -0.05) is 83.3 Å². The van der Waals surface area contributed by atoms with E-state index in [4.69, 9.17) is 4.74 Å². The second kappa shape index (κ2) is 17.5. The third-order valence-electron chi connectivity index (χ3n) is 5.03.